The average molecular weight is 373 g/mol. The normalized spacial score (nSPS) is 12.3. The first-order chi connectivity index (χ1) is 9.80. The average Bonchev–Trinajstić information content (AvgIpc) is 2.87. The first kappa shape index (κ1) is 16.2. The van der Waals surface area contributed by atoms with Crippen molar-refractivity contribution in [2.75, 3.05) is 21.1 Å². The Bertz CT molecular complexity index is 708. The van der Waals surface area contributed by atoms with Gasteiger partial charge in [0.25, 0.3) is 10.2 Å². The molecule has 114 valence electrons. The molecule has 1 heterocycles. The molecule has 0 aliphatic rings. The predicted molar refractivity (Wildman–Crippen MR) is 85.9 cm³/mol. The zero-order valence-corrected chi connectivity index (χ0v) is 14.5. The molecule has 0 saturated heterocycles. The van der Waals surface area contributed by atoms with Gasteiger partial charge in [0.15, 0.2) is 0 Å². The maximum atomic E-state index is 12.0. The first-order valence-electron chi connectivity index (χ1n) is 6.29. The van der Waals surface area contributed by atoms with E-state index < -0.39 is 10.2 Å². The van der Waals surface area contributed by atoms with Crippen LogP contribution in [0.3, 0.4) is 0 Å². The van der Waals surface area contributed by atoms with Crippen LogP contribution < -0.4 is 0 Å². The van der Waals surface area contributed by atoms with Gasteiger partial charge in [-0.2, -0.15) is 17.0 Å². The molecule has 7 heteroatoms. The molecule has 21 heavy (non-hydrogen) atoms. The first-order valence-corrected chi connectivity index (χ1v) is 8.48. The summed E-state index contributed by atoms with van der Waals surface area (Å²) in [6.07, 6.45) is 0. The molecular weight excluding hydrogens is 356 g/mol. The van der Waals surface area contributed by atoms with Crippen LogP contribution in [-0.4, -0.2) is 38.2 Å². The minimum absolute atomic E-state index is 0.192. The molecule has 0 unspecified atom stereocenters. The number of halogens is 1. The zero-order valence-electron chi connectivity index (χ0n) is 12.1. The third-order valence-electron chi connectivity index (χ3n) is 3.02. The lowest BCUT2D eigenvalue weighted by molar-refractivity contribution is 0.381. The molecule has 0 bridgehead atoms. The van der Waals surface area contributed by atoms with Crippen molar-refractivity contribution in [2.24, 2.45) is 0 Å². The molecule has 0 fully saturated rings. The van der Waals surface area contributed by atoms with Gasteiger partial charge >= 0.3 is 0 Å². The molecule has 0 amide bonds. The van der Waals surface area contributed by atoms with Gasteiger partial charge in [-0.15, -0.1) is 0 Å². The summed E-state index contributed by atoms with van der Waals surface area (Å²) in [6, 6.07) is 11.4. The molecule has 0 aliphatic carbocycles. The number of hydrogen-bond donors (Lipinski definition) is 0. The predicted octanol–water partition coefficient (Wildman–Crippen LogP) is 2.95. The van der Waals surface area contributed by atoms with Crippen molar-refractivity contribution in [3.05, 3.63) is 46.6 Å². The molecule has 5 nitrogen and oxygen atoms in total. The molecule has 1 aromatic heterocycles. The van der Waals surface area contributed by atoms with Crippen LogP contribution in [0.25, 0.3) is 11.3 Å². The van der Waals surface area contributed by atoms with Crippen LogP contribution in [0.4, 0.5) is 0 Å². The van der Waals surface area contributed by atoms with Crippen LogP contribution in [0, 0.1) is 0 Å². The van der Waals surface area contributed by atoms with Crippen molar-refractivity contribution in [3.8, 4) is 11.3 Å². The monoisotopic (exact) mass is 372 g/mol. The summed E-state index contributed by atoms with van der Waals surface area (Å²) < 4.78 is 33.0. The van der Waals surface area contributed by atoms with Crippen molar-refractivity contribution in [1.29, 1.82) is 0 Å². The Balaban J connectivity index is 2.16. The van der Waals surface area contributed by atoms with E-state index in [-0.39, 0.29) is 6.54 Å². The van der Waals surface area contributed by atoms with Crippen molar-refractivity contribution in [1.82, 2.24) is 8.61 Å². The second-order valence-corrected chi connectivity index (χ2v) is 7.98. The number of rotatable bonds is 5. The molecule has 0 N–H and O–H groups in total. The number of benzene rings is 1. The molecular formula is C14H17BrN2O3S. The van der Waals surface area contributed by atoms with E-state index in [2.05, 4.69) is 15.9 Å². The standard InChI is InChI=1S/C14H17BrN2O3S/c1-16(2)21(18,19)17(3)10-13-8-9-14(20-13)11-4-6-12(15)7-5-11/h4-9H,10H2,1-3H3. The van der Waals surface area contributed by atoms with Gasteiger partial charge in [0.2, 0.25) is 0 Å². The highest BCUT2D eigenvalue weighted by Gasteiger charge is 2.21. The fourth-order valence-electron chi connectivity index (χ4n) is 1.81. The smallest absolute Gasteiger partial charge is 0.281 e. The quantitative estimate of drug-likeness (QED) is 0.810. The van der Waals surface area contributed by atoms with E-state index in [0.717, 1.165) is 10.0 Å². The Morgan fingerprint density at radius 1 is 1.05 bits per heavy atom. The SMILES string of the molecule is CN(C)S(=O)(=O)N(C)Cc1ccc(-c2ccc(Br)cc2)o1. The van der Waals surface area contributed by atoms with E-state index in [4.69, 9.17) is 4.42 Å². The van der Waals surface area contributed by atoms with Crippen LogP contribution in [0.2, 0.25) is 0 Å². The number of nitrogens with zero attached hydrogens (tertiary/aromatic N) is 2. The van der Waals surface area contributed by atoms with Gasteiger partial charge in [0.05, 0.1) is 6.54 Å². The summed E-state index contributed by atoms with van der Waals surface area (Å²) in [6.45, 7) is 0.192. The lowest BCUT2D eigenvalue weighted by atomic mass is 10.2. The Morgan fingerprint density at radius 3 is 2.24 bits per heavy atom. The van der Waals surface area contributed by atoms with Crippen molar-refractivity contribution in [2.45, 2.75) is 6.54 Å². The fraction of sp³-hybridized carbons (Fsp3) is 0.286. The second kappa shape index (κ2) is 6.31. The zero-order chi connectivity index (χ0) is 15.6. The topological polar surface area (TPSA) is 53.8 Å². The van der Waals surface area contributed by atoms with E-state index in [0.29, 0.717) is 11.5 Å². The number of hydrogen-bond acceptors (Lipinski definition) is 3. The summed E-state index contributed by atoms with van der Waals surface area (Å²) in [4.78, 5) is 0. The maximum absolute atomic E-state index is 12.0. The van der Waals surface area contributed by atoms with Crippen LogP contribution in [0.15, 0.2) is 45.3 Å². The van der Waals surface area contributed by atoms with Crippen LogP contribution in [-0.2, 0) is 16.8 Å². The summed E-state index contributed by atoms with van der Waals surface area (Å²) in [5.41, 5.74) is 0.947. The molecule has 0 aliphatic heterocycles. The summed E-state index contributed by atoms with van der Waals surface area (Å²) in [5.74, 6) is 1.31. The van der Waals surface area contributed by atoms with Gasteiger partial charge in [0.1, 0.15) is 11.5 Å². The largest absolute Gasteiger partial charge is 0.460 e. The lowest BCUT2D eigenvalue weighted by Gasteiger charge is -2.20. The summed E-state index contributed by atoms with van der Waals surface area (Å²) >= 11 is 3.38. The van der Waals surface area contributed by atoms with Crippen LogP contribution in [0.5, 0.6) is 0 Å². The molecule has 0 spiro atoms. The highest BCUT2D eigenvalue weighted by atomic mass is 79.9. The van der Waals surface area contributed by atoms with Gasteiger partial charge in [-0.05, 0) is 24.3 Å². The fourth-order valence-corrected chi connectivity index (χ4v) is 2.92. The minimum atomic E-state index is -3.44. The molecule has 1 aromatic carbocycles. The van der Waals surface area contributed by atoms with E-state index in [1.54, 1.807) is 6.07 Å². The molecule has 0 radical (unpaired) electrons. The van der Waals surface area contributed by atoms with Crippen molar-refractivity contribution < 1.29 is 12.8 Å². The van der Waals surface area contributed by atoms with Crippen LogP contribution >= 0.6 is 15.9 Å². The Hall–Kier alpha value is -1.15. The summed E-state index contributed by atoms with van der Waals surface area (Å²) in [5, 5.41) is 0. The van der Waals surface area contributed by atoms with Crippen molar-refractivity contribution in [3.63, 3.8) is 0 Å². The van der Waals surface area contributed by atoms with Gasteiger partial charge < -0.3 is 4.42 Å². The van der Waals surface area contributed by atoms with E-state index in [1.165, 1.54) is 29.8 Å². The molecule has 0 atom stereocenters. The maximum Gasteiger partial charge on any atom is 0.281 e. The lowest BCUT2D eigenvalue weighted by Crippen LogP contribution is -2.36. The summed E-state index contributed by atoms with van der Waals surface area (Å²) in [7, 11) is 1.09. The Morgan fingerprint density at radius 2 is 1.67 bits per heavy atom. The van der Waals surface area contributed by atoms with Gasteiger partial charge in [0, 0.05) is 31.2 Å². The van der Waals surface area contributed by atoms with E-state index >= 15 is 0 Å². The molecule has 2 aromatic rings. The molecule has 2 rings (SSSR count). The van der Waals surface area contributed by atoms with Gasteiger partial charge in [-0.3, -0.25) is 0 Å². The third-order valence-corrected chi connectivity index (χ3v) is 5.39. The second-order valence-electron chi connectivity index (χ2n) is 4.82. The Kier molecular flexibility index (Phi) is 4.88. The van der Waals surface area contributed by atoms with Crippen LogP contribution in [0.1, 0.15) is 5.76 Å². The highest BCUT2D eigenvalue weighted by molar-refractivity contribution is 9.10. The number of furan rings is 1. The van der Waals surface area contributed by atoms with Crippen molar-refractivity contribution >= 4 is 26.1 Å². The highest BCUT2D eigenvalue weighted by Crippen LogP contribution is 2.24. The Labute approximate surface area is 133 Å². The third kappa shape index (κ3) is 3.74. The van der Waals surface area contributed by atoms with E-state index in [9.17, 15) is 8.42 Å². The van der Waals surface area contributed by atoms with Gasteiger partial charge in [-0.1, -0.05) is 28.1 Å². The molecule has 0 saturated carbocycles. The van der Waals surface area contributed by atoms with Gasteiger partial charge in [-0.25, -0.2) is 0 Å². The minimum Gasteiger partial charge on any atom is -0.460 e. The van der Waals surface area contributed by atoms with E-state index in [1.807, 2.05) is 30.3 Å².